The van der Waals surface area contributed by atoms with Crippen LogP contribution in [0.3, 0.4) is 0 Å². The van der Waals surface area contributed by atoms with E-state index in [0.29, 0.717) is 30.1 Å². The molecule has 0 aliphatic heterocycles. The Labute approximate surface area is 195 Å². The molecule has 0 saturated heterocycles. The van der Waals surface area contributed by atoms with Crippen molar-refractivity contribution in [3.05, 3.63) is 53.6 Å². The standard InChI is InChI=1S/C28H32O5/c1-16(29)23-12-13-24-22-10-6-18-14-19(30)7-11-21(18)26(22)25(15-28(23,24)2)33-27(31)17-4-8-20(32-3)9-5-17/h4-6,8-10,14,21-26H,7,11-13,15H2,1-3H3. The van der Waals surface area contributed by atoms with Crippen molar-refractivity contribution in [2.45, 2.75) is 52.1 Å². The first-order valence-corrected chi connectivity index (χ1v) is 12.1. The molecular formula is C28H32O5. The summed E-state index contributed by atoms with van der Waals surface area (Å²) in [7, 11) is 1.59. The highest BCUT2D eigenvalue weighted by molar-refractivity contribution is 5.92. The number of hydrogen-bond acceptors (Lipinski definition) is 5. The maximum Gasteiger partial charge on any atom is 0.338 e. The topological polar surface area (TPSA) is 69.7 Å². The lowest BCUT2D eigenvalue weighted by molar-refractivity contribution is -0.131. The Morgan fingerprint density at radius 2 is 1.85 bits per heavy atom. The van der Waals surface area contributed by atoms with Gasteiger partial charge >= 0.3 is 5.97 Å². The Hall–Kier alpha value is -2.69. The SMILES string of the molecule is COc1ccc(C(=O)OC2CC3(C)C(C(C)=O)CCC3C3C=CC4=CC(=O)CCC4C23)cc1. The molecule has 5 nitrogen and oxygen atoms in total. The molecule has 0 aromatic heterocycles. The Balaban J connectivity index is 1.50. The van der Waals surface area contributed by atoms with Gasteiger partial charge in [-0.3, -0.25) is 9.59 Å². The average molecular weight is 449 g/mol. The fourth-order valence-electron chi connectivity index (χ4n) is 7.42. The normalized spacial score (nSPS) is 36.8. The first-order chi connectivity index (χ1) is 15.8. The third-order valence-corrected chi connectivity index (χ3v) is 8.90. The number of Topliss-reactive ketones (excluding diaryl/α,β-unsaturated/α-hetero) is 1. The van der Waals surface area contributed by atoms with Crippen molar-refractivity contribution in [3.63, 3.8) is 0 Å². The van der Waals surface area contributed by atoms with Gasteiger partial charge in [0.25, 0.3) is 0 Å². The van der Waals surface area contributed by atoms with Gasteiger partial charge in [0.1, 0.15) is 17.6 Å². The Morgan fingerprint density at radius 3 is 2.55 bits per heavy atom. The largest absolute Gasteiger partial charge is 0.497 e. The quantitative estimate of drug-likeness (QED) is 0.610. The zero-order valence-corrected chi connectivity index (χ0v) is 19.6. The molecule has 7 unspecified atom stereocenters. The van der Waals surface area contributed by atoms with E-state index in [1.54, 1.807) is 44.4 Å². The molecule has 2 saturated carbocycles. The molecule has 0 radical (unpaired) electrons. The number of methoxy groups -OCH3 is 1. The van der Waals surface area contributed by atoms with Crippen LogP contribution in [0.5, 0.6) is 5.75 Å². The van der Waals surface area contributed by atoms with Crippen molar-refractivity contribution in [3.8, 4) is 5.75 Å². The molecule has 0 heterocycles. The third kappa shape index (κ3) is 3.66. The Bertz CT molecular complexity index is 1030. The summed E-state index contributed by atoms with van der Waals surface area (Å²) in [6.07, 6.45) is 9.81. The molecular weight excluding hydrogens is 416 g/mol. The summed E-state index contributed by atoms with van der Waals surface area (Å²) in [5, 5.41) is 0. The number of carbonyl (C=O) groups is 3. The van der Waals surface area contributed by atoms with E-state index in [1.807, 2.05) is 0 Å². The maximum atomic E-state index is 13.2. The van der Waals surface area contributed by atoms with Gasteiger partial charge in [-0.1, -0.05) is 19.1 Å². The summed E-state index contributed by atoms with van der Waals surface area (Å²) in [6.45, 7) is 3.93. The molecule has 4 aliphatic carbocycles. The van der Waals surface area contributed by atoms with E-state index in [9.17, 15) is 14.4 Å². The third-order valence-electron chi connectivity index (χ3n) is 8.90. The van der Waals surface area contributed by atoms with Crippen LogP contribution in [0, 0.1) is 35.0 Å². The molecule has 7 atom stereocenters. The number of rotatable bonds is 4. The van der Waals surface area contributed by atoms with Gasteiger partial charge in [-0.25, -0.2) is 4.79 Å². The minimum absolute atomic E-state index is 0.00362. The van der Waals surface area contributed by atoms with Crippen LogP contribution in [-0.4, -0.2) is 30.7 Å². The van der Waals surface area contributed by atoms with Crippen molar-refractivity contribution < 1.29 is 23.9 Å². The van der Waals surface area contributed by atoms with E-state index >= 15 is 0 Å². The van der Waals surface area contributed by atoms with Gasteiger partial charge in [-0.15, -0.1) is 0 Å². The molecule has 0 bridgehead atoms. The predicted molar refractivity (Wildman–Crippen MR) is 124 cm³/mol. The van der Waals surface area contributed by atoms with E-state index in [4.69, 9.17) is 9.47 Å². The van der Waals surface area contributed by atoms with Crippen LogP contribution in [0.1, 0.15) is 56.3 Å². The molecule has 174 valence electrons. The number of hydrogen-bond donors (Lipinski definition) is 0. The van der Waals surface area contributed by atoms with Gasteiger partial charge in [0.05, 0.1) is 12.7 Å². The number of ketones is 2. The summed E-state index contributed by atoms with van der Waals surface area (Å²) < 4.78 is 11.5. The van der Waals surface area contributed by atoms with Gasteiger partial charge in [-0.2, -0.15) is 0 Å². The lowest BCUT2D eigenvalue weighted by atomic mass is 9.51. The highest BCUT2D eigenvalue weighted by Crippen LogP contribution is 2.63. The van der Waals surface area contributed by atoms with Gasteiger partial charge in [0, 0.05) is 18.3 Å². The second kappa shape index (κ2) is 8.27. The monoisotopic (exact) mass is 448 g/mol. The predicted octanol–water partition coefficient (Wildman–Crippen LogP) is 4.95. The summed E-state index contributed by atoms with van der Waals surface area (Å²) >= 11 is 0. The minimum Gasteiger partial charge on any atom is -0.497 e. The Kier molecular flexibility index (Phi) is 5.54. The van der Waals surface area contributed by atoms with Crippen LogP contribution in [0.15, 0.2) is 48.1 Å². The second-order valence-corrected chi connectivity index (χ2v) is 10.5. The van der Waals surface area contributed by atoms with Crippen molar-refractivity contribution >= 4 is 17.5 Å². The molecule has 0 amide bonds. The van der Waals surface area contributed by atoms with Crippen LogP contribution in [-0.2, 0) is 14.3 Å². The lowest BCUT2D eigenvalue weighted by Gasteiger charge is -2.54. The zero-order chi connectivity index (χ0) is 23.3. The summed E-state index contributed by atoms with van der Waals surface area (Å²) in [4.78, 5) is 37.8. The molecule has 0 N–H and O–H groups in total. The fourth-order valence-corrected chi connectivity index (χ4v) is 7.42. The fraction of sp³-hybridized carbons (Fsp3) is 0.536. The van der Waals surface area contributed by atoms with Gasteiger partial charge in [-0.05, 0) is 91.7 Å². The van der Waals surface area contributed by atoms with Gasteiger partial charge < -0.3 is 9.47 Å². The van der Waals surface area contributed by atoms with Crippen LogP contribution in [0.2, 0.25) is 0 Å². The van der Waals surface area contributed by atoms with E-state index in [0.717, 1.165) is 24.8 Å². The summed E-state index contributed by atoms with van der Waals surface area (Å²) in [5.74, 6) is 1.76. The lowest BCUT2D eigenvalue weighted by Crippen LogP contribution is -2.53. The minimum atomic E-state index is -0.340. The number of carbonyl (C=O) groups excluding carboxylic acids is 3. The van der Waals surface area contributed by atoms with Gasteiger partial charge in [0.2, 0.25) is 0 Å². The Morgan fingerprint density at radius 1 is 1.09 bits per heavy atom. The zero-order valence-electron chi connectivity index (χ0n) is 19.6. The second-order valence-electron chi connectivity index (χ2n) is 10.5. The molecule has 1 aromatic carbocycles. The number of fused-ring (bicyclic) bond motifs is 5. The van der Waals surface area contributed by atoms with Gasteiger partial charge in [0.15, 0.2) is 5.78 Å². The van der Waals surface area contributed by atoms with Crippen molar-refractivity contribution in [2.24, 2.45) is 35.0 Å². The smallest absolute Gasteiger partial charge is 0.338 e. The van der Waals surface area contributed by atoms with E-state index in [1.165, 1.54) is 0 Å². The molecule has 33 heavy (non-hydrogen) atoms. The highest BCUT2D eigenvalue weighted by Gasteiger charge is 2.60. The van der Waals surface area contributed by atoms with E-state index < -0.39 is 0 Å². The van der Waals surface area contributed by atoms with Crippen molar-refractivity contribution in [2.75, 3.05) is 7.11 Å². The maximum absolute atomic E-state index is 13.2. The molecule has 2 fully saturated rings. The first-order valence-electron chi connectivity index (χ1n) is 12.1. The van der Waals surface area contributed by atoms with Crippen molar-refractivity contribution in [1.29, 1.82) is 0 Å². The van der Waals surface area contributed by atoms with E-state index in [2.05, 4.69) is 19.1 Å². The van der Waals surface area contributed by atoms with Crippen LogP contribution >= 0.6 is 0 Å². The number of ether oxygens (including phenoxy) is 2. The van der Waals surface area contributed by atoms with Crippen molar-refractivity contribution in [1.82, 2.24) is 0 Å². The molecule has 4 aliphatic rings. The summed E-state index contributed by atoms with van der Waals surface area (Å²) in [5.41, 5.74) is 1.38. The number of benzene rings is 1. The average Bonchev–Trinajstić information content (AvgIpc) is 3.15. The number of allylic oxidation sites excluding steroid dienone is 4. The molecule has 1 aromatic rings. The first kappa shape index (κ1) is 22.1. The van der Waals surface area contributed by atoms with Crippen LogP contribution in [0.4, 0.5) is 0 Å². The molecule has 5 heteroatoms. The van der Waals surface area contributed by atoms with Crippen LogP contribution < -0.4 is 4.74 Å². The highest BCUT2D eigenvalue weighted by atomic mass is 16.5. The van der Waals surface area contributed by atoms with Crippen LogP contribution in [0.25, 0.3) is 0 Å². The summed E-state index contributed by atoms with van der Waals surface area (Å²) in [6, 6.07) is 6.98. The molecule has 5 rings (SSSR count). The molecule has 0 spiro atoms. The van der Waals surface area contributed by atoms with E-state index in [-0.39, 0.29) is 52.7 Å². The number of esters is 1.